The van der Waals surface area contributed by atoms with E-state index in [1.165, 1.54) is 0 Å². The Morgan fingerprint density at radius 3 is 2.69 bits per heavy atom. The van der Waals surface area contributed by atoms with E-state index < -0.39 is 37.3 Å². The third kappa shape index (κ3) is 4.89. The molecule has 0 aromatic carbocycles. The van der Waals surface area contributed by atoms with Crippen LogP contribution in [0, 0.1) is 13.8 Å². The Morgan fingerprint density at radius 1 is 1.24 bits per heavy atom. The first-order valence-electron chi connectivity index (χ1n) is 9.28. The highest BCUT2D eigenvalue weighted by molar-refractivity contribution is 7.09. The van der Waals surface area contributed by atoms with Crippen molar-refractivity contribution in [2.45, 2.75) is 57.5 Å². The number of aliphatic hydroxyl groups excluding tert-OH is 4. The monoisotopic (exact) mass is 427 g/mol. The van der Waals surface area contributed by atoms with Gasteiger partial charge in [-0.15, -0.1) is 0 Å². The number of hydrogen-bond acceptors (Lipinski definition) is 10. The van der Waals surface area contributed by atoms with Crippen molar-refractivity contribution in [2.75, 3.05) is 18.9 Å². The lowest BCUT2D eigenvalue weighted by Gasteiger charge is -2.39. The van der Waals surface area contributed by atoms with E-state index in [2.05, 4.69) is 14.5 Å². The van der Waals surface area contributed by atoms with E-state index in [4.69, 9.17) is 15.2 Å². The highest BCUT2D eigenvalue weighted by atomic mass is 32.1. The summed E-state index contributed by atoms with van der Waals surface area (Å²) in [6.07, 6.45) is -4.05. The average molecular weight is 428 g/mol. The van der Waals surface area contributed by atoms with Crippen LogP contribution in [-0.2, 0) is 22.4 Å². The molecule has 0 saturated carbocycles. The van der Waals surface area contributed by atoms with Crippen molar-refractivity contribution in [3.8, 4) is 0 Å². The molecule has 3 rings (SSSR count). The van der Waals surface area contributed by atoms with Crippen LogP contribution in [0.2, 0.25) is 0 Å². The van der Waals surface area contributed by atoms with Crippen molar-refractivity contribution in [3.05, 3.63) is 33.7 Å². The normalized spacial score (nSPS) is 27.3. The lowest BCUT2D eigenvalue weighted by atomic mass is 9.99. The minimum Gasteiger partial charge on any atom is -0.394 e. The van der Waals surface area contributed by atoms with Crippen LogP contribution in [0.5, 0.6) is 0 Å². The van der Waals surface area contributed by atoms with Crippen molar-refractivity contribution in [3.63, 3.8) is 0 Å². The second kappa shape index (κ2) is 9.39. The molecule has 0 radical (unpaired) electrons. The number of nitrogens with zero attached hydrogens (tertiary/aromatic N) is 3. The first kappa shape index (κ1) is 22.0. The summed E-state index contributed by atoms with van der Waals surface area (Å²) >= 11 is 1.57. The predicted octanol–water partition coefficient (Wildman–Crippen LogP) is -1.57. The van der Waals surface area contributed by atoms with Gasteiger partial charge in [-0.3, -0.25) is 0 Å². The first-order valence-corrected chi connectivity index (χ1v) is 10.2. The van der Waals surface area contributed by atoms with Crippen LogP contribution in [0.15, 0.2) is 11.7 Å². The molecular weight excluding hydrogens is 400 g/mol. The fraction of sp³-hybridized carbons (Fsp3) is 0.611. The molecule has 1 aliphatic heterocycles. The summed E-state index contributed by atoms with van der Waals surface area (Å²) < 4.78 is 13.0. The van der Waals surface area contributed by atoms with E-state index in [1.54, 1.807) is 24.5 Å². The molecule has 0 bridgehead atoms. The number of aromatic nitrogens is 3. The largest absolute Gasteiger partial charge is 0.394 e. The highest BCUT2D eigenvalue weighted by Crippen LogP contribution is 2.22. The number of ether oxygens (including phenoxy) is 2. The van der Waals surface area contributed by atoms with Crippen molar-refractivity contribution >= 4 is 17.2 Å². The van der Waals surface area contributed by atoms with Crippen molar-refractivity contribution in [1.82, 2.24) is 9.97 Å². The quantitative estimate of drug-likeness (QED) is 0.330. The van der Waals surface area contributed by atoms with Gasteiger partial charge in [-0.05, 0) is 6.92 Å². The molecule has 1 aliphatic rings. The van der Waals surface area contributed by atoms with Gasteiger partial charge in [-0.1, -0.05) is 11.3 Å². The summed E-state index contributed by atoms with van der Waals surface area (Å²) in [7, 11) is 0. The topological polar surface area (TPSA) is 155 Å². The number of nitrogens with two attached hydrogens (primary N) is 1. The van der Waals surface area contributed by atoms with Crippen LogP contribution in [0.3, 0.4) is 0 Å². The van der Waals surface area contributed by atoms with Crippen LogP contribution < -0.4 is 10.3 Å². The van der Waals surface area contributed by atoms with Crippen molar-refractivity contribution in [2.24, 2.45) is 0 Å². The Balaban J connectivity index is 1.58. The van der Waals surface area contributed by atoms with Crippen LogP contribution in [0.1, 0.15) is 22.0 Å². The standard InChI is InChI=1S/C18H27N4O6S/c1-9-13(29-8-22(9)6-11-5-20-10(2)21-17(11)19)3-4-27-18-16(26)15(25)14(24)12(7-23)28-18/h5,8,12,14-16,18,23-26H,3-4,6-7H2,1-2H3,(H2,19,20,21)/q+1/t12-,14-,15+,16-,18+/m1/s1. The van der Waals surface area contributed by atoms with Crippen LogP contribution >= 0.6 is 11.3 Å². The molecule has 29 heavy (non-hydrogen) atoms. The molecule has 10 nitrogen and oxygen atoms in total. The van der Waals surface area contributed by atoms with E-state index in [-0.39, 0.29) is 6.61 Å². The zero-order valence-electron chi connectivity index (χ0n) is 16.3. The Kier molecular flexibility index (Phi) is 7.11. The van der Waals surface area contributed by atoms with Crippen LogP contribution in [0.4, 0.5) is 5.82 Å². The van der Waals surface area contributed by atoms with E-state index in [0.29, 0.717) is 24.6 Å². The maximum atomic E-state index is 10.0. The van der Waals surface area contributed by atoms with Gasteiger partial charge in [0.1, 0.15) is 36.1 Å². The number of aliphatic hydroxyl groups is 4. The minimum absolute atomic E-state index is 0.236. The van der Waals surface area contributed by atoms with Gasteiger partial charge in [-0.2, -0.15) is 4.57 Å². The van der Waals surface area contributed by atoms with Crippen molar-refractivity contribution in [1.29, 1.82) is 0 Å². The number of hydrogen-bond donors (Lipinski definition) is 5. The maximum Gasteiger partial charge on any atom is 0.225 e. The summed E-state index contributed by atoms with van der Waals surface area (Å²) in [5, 5.41) is 38.9. The first-order chi connectivity index (χ1) is 13.8. The molecule has 5 atom stereocenters. The Bertz CT molecular complexity index is 833. The average Bonchev–Trinajstić information content (AvgIpc) is 3.03. The zero-order valence-corrected chi connectivity index (χ0v) is 17.1. The second-order valence-corrected chi connectivity index (χ2v) is 7.94. The lowest BCUT2D eigenvalue weighted by molar-refractivity contribution is -0.689. The molecule has 0 spiro atoms. The second-order valence-electron chi connectivity index (χ2n) is 7.01. The summed E-state index contributed by atoms with van der Waals surface area (Å²) in [6.45, 7) is 4.09. The smallest absolute Gasteiger partial charge is 0.225 e. The molecule has 0 aliphatic carbocycles. The van der Waals surface area contributed by atoms with Gasteiger partial charge in [0.05, 0.1) is 23.7 Å². The minimum atomic E-state index is -1.45. The van der Waals surface area contributed by atoms with E-state index in [0.717, 1.165) is 16.1 Å². The molecule has 3 heterocycles. The molecule has 1 saturated heterocycles. The number of rotatable bonds is 7. The summed E-state index contributed by atoms with van der Waals surface area (Å²) in [4.78, 5) is 9.46. The van der Waals surface area contributed by atoms with Crippen LogP contribution in [-0.4, -0.2) is 74.3 Å². The predicted molar refractivity (Wildman–Crippen MR) is 103 cm³/mol. The van der Waals surface area contributed by atoms with Crippen LogP contribution in [0.25, 0.3) is 0 Å². The lowest BCUT2D eigenvalue weighted by Crippen LogP contribution is -2.59. The number of aryl methyl sites for hydroxylation is 1. The number of anilines is 1. The molecule has 2 aromatic rings. The number of thiazole rings is 1. The van der Waals surface area contributed by atoms with Gasteiger partial charge < -0.3 is 35.6 Å². The van der Waals surface area contributed by atoms with Gasteiger partial charge >= 0.3 is 0 Å². The molecular formula is C18H27N4O6S+. The molecule has 160 valence electrons. The highest BCUT2D eigenvalue weighted by Gasteiger charge is 2.43. The molecule has 0 unspecified atom stereocenters. The maximum absolute atomic E-state index is 10.0. The van der Waals surface area contributed by atoms with E-state index in [1.807, 2.05) is 12.4 Å². The SMILES string of the molecule is Cc1ncc(C[n+]2csc(CCO[C@H]3O[C@H](CO)[C@@H](O)[C@H](O)[C@H]3O)c2C)c(N)n1. The summed E-state index contributed by atoms with van der Waals surface area (Å²) in [5.74, 6) is 1.09. The summed E-state index contributed by atoms with van der Waals surface area (Å²) in [6, 6.07) is 0. The fourth-order valence-electron chi connectivity index (χ4n) is 3.14. The van der Waals surface area contributed by atoms with Gasteiger partial charge in [0, 0.05) is 19.5 Å². The Labute approximate surface area is 172 Å². The Morgan fingerprint density at radius 2 is 2.00 bits per heavy atom. The van der Waals surface area contributed by atoms with Crippen molar-refractivity contribution < 1.29 is 34.5 Å². The van der Waals surface area contributed by atoms with Gasteiger partial charge in [0.25, 0.3) is 0 Å². The zero-order chi connectivity index (χ0) is 21.1. The Hall–Kier alpha value is -1.73. The molecule has 6 N–H and O–H groups in total. The molecule has 11 heteroatoms. The van der Waals surface area contributed by atoms with Gasteiger partial charge in [0.2, 0.25) is 5.51 Å². The summed E-state index contributed by atoms with van der Waals surface area (Å²) in [5.41, 5.74) is 9.84. The third-order valence-corrected chi connectivity index (χ3v) is 6.12. The third-order valence-electron chi connectivity index (χ3n) is 4.98. The van der Waals surface area contributed by atoms with E-state index >= 15 is 0 Å². The molecule has 1 fully saturated rings. The van der Waals surface area contributed by atoms with Gasteiger partial charge in [-0.25, -0.2) is 9.97 Å². The number of nitrogen functional groups attached to an aromatic ring is 1. The molecule has 2 aromatic heterocycles. The van der Waals surface area contributed by atoms with E-state index in [9.17, 15) is 20.4 Å². The fourth-order valence-corrected chi connectivity index (χ4v) is 4.11. The molecule has 0 amide bonds. The van der Waals surface area contributed by atoms with Gasteiger partial charge in [0.15, 0.2) is 18.5 Å².